The van der Waals surface area contributed by atoms with Crippen molar-refractivity contribution in [2.75, 3.05) is 49.7 Å². The molecule has 0 radical (unpaired) electrons. The van der Waals surface area contributed by atoms with Gasteiger partial charge in [0.25, 0.3) is 0 Å². The molecule has 282 valence electrons. The van der Waals surface area contributed by atoms with Crippen molar-refractivity contribution >= 4 is 49.0 Å². The number of nitrogens with zero attached hydrogens (tertiary/aromatic N) is 6. The Morgan fingerprint density at radius 2 is 1.98 bits per heavy atom. The van der Waals surface area contributed by atoms with Crippen LogP contribution in [0.5, 0.6) is 11.8 Å². The Labute approximate surface area is 309 Å². The Morgan fingerprint density at radius 1 is 1.19 bits per heavy atom. The number of nitrogens with two attached hydrogens (primary N) is 2. The molecule has 3 aliphatic rings. The Hall–Kier alpha value is -5.34. The summed E-state index contributed by atoms with van der Waals surface area (Å²) in [6, 6.07) is 6.67. The van der Waals surface area contributed by atoms with E-state index in [9.17, 15) is 14.0 Å². The molecule has 0 spiro atoms. The molecular weight excluding hydrogens is 735 g/mol. The first kappa shape index (κ1) is 37.0. The van der Waals surface area contributed by atoms with Crippen LogP contribution in [0.3, 0.4) is 0 Å². The van der Waals surface area contributed by atoms with Gasteiger partial charge >= 0.3 is 12.2 Å². The predicted molar refractivity (Wildman–Crippen MR) is 194 cm³/mol. The zero-order chi connectivity index (χ0) is 38.5. The number of fused-ring (bicyclic) bond motifs is 2. The summed E-state index contributed by atoms with van der Waals surface area (Å²) in [6.45, 7) is 5.37. The number of nitriles is 1. The Kier molecular flexibility index (Phi) is 9.92. The summed E-state index contributed by atoms with van der Waals surface area (Å²) in [5.74, 6) is -2.90. The summed E-state index contributed by atoms with van der Waals surface area (Å²) in [4.78, 5) is 16.6. The molecule has 0 aliphatic carbocycles. The molecule has 3 atom stereocenters. The first-order valence-electron chi connectivity index (χ1n) is 17.1. The molecule has 3 unspecified atom stereocenters. The van der Waals surface area contributed by atoms with Crippen LogP contribution in [0.4, 0.5) is 43.0 Å². The molecule has 4 N–H and O–H groups in total. The summed E-state index contributed by atoms with van der Waals surface area (Å²) in [6.07, 6.45) is 0.969. The zero-order valence-electron chi connectivity index (χ0n) is 28.9. The largest absolute Gasteiger partial charge is 0.490 e. The lowest BCUT2D eigenvalue weighted by Gasteiger charge is -2.32. The number of ether oxygens (including phenoxy) is 2. The topological polar surface area (TPSA) is 139 Å². The molecule has 17 heteroatoms. The fourth-order valence-electron chi connectivity index (χ4n) is 7.71. The molecule has 6 heterocycles. The second kappa shape index (κ2) is 14.5. The predicted octanol–water partition coefficient (Wildman–Crippen LogP) is 7.96. The van der Waals surface area contributed by atoms with Crippen LogP contribution in [0.2, 0.25) is 0 Å². The van der Waals surface area contributed by atoms with Crippen LogP contribution in [0.1, 0.15) is 48.4 Å². The number of hydrogen-bond donors (Lipinski definition) is 2. The summed E-state index contributed by atoms with van der Waals surface area (Å²) < 4.78 is 101. The SMILES string of the molecule is C=CCC(c1cccnc1N)N1CCOc2c(C(F)(F)F)c(-c3ccc(F)c4sc(N)c(C#N)c34)c(F)c3nc(OC)nc1c23.FC1CC2CCCN2C1. The van der Waals surface area contributed by atoms with E-state index >= 15 is 17.6 Å². The molecule has 0 amide bonds. The highest BCUT2D eigenvalue weighted by Crippen LogP contribution is 2.54. The molecule has 2 fully saturated rings. The van der Waals surface area contributed by atoms with E-state index in [0.717, 1.165) is 25.1 Å². The van der Waals surface area contributed by atoms with Gasteiger partial charge < -0.3 is 25.8 Å². The fourth-order valence-corrected chi connectivity index (χ4v) is 8.66. The van der Waals surface area contributed by atoms with Crippen molar-refractivity contribution in [2.24, 2.45) is 0 Å². The fraction of sp³-hybridized carbons (Fsp3) is 0.351. The van der Waals surface area contributed by atoms with Gasteiger partial charge in [0.1, 0.15) is 58.1 Å². The molecule has 10 nitrogen and oxygen atoms in total. The van der Waals surface area contributed by atoms with Gasteiger partial charge in [0.05, 0.1) is 35.3 Å². The maximum atomic E-state index is 16.9. The van der Waals surface area contributed by atoms with Gasteiger partial charge in [-0.3, -0.25) is 4.90 Å². The number of alkyl halides is 4. The third-order valence-corrected chi connectivity index (χ3v) is 11.0. The Morgan fingerprint density at radius 3 is 2.67 bits per heavy atom. The normalized spacial score (nSPS) is 18.7. The monoisotopic (exact) mass is 768 g/mol. The number of halogens is 6. The summed E-state index contributed by atoms with van der Waals surface area (Å²) in [5.41, 5.74) is 8.96. The van der Waals surface area contributed by atoms with Crippen molar-refractivity contribution in [3.63, 3.8) is 0 Å². The van der Waals surface area contributed by atoms with Crippen LogP contribution >= 0.6 is 11.3 Å². The van der Waals surface area contributed by atoms with E-state index in [1.54, 1.807) is 29.2 Å². The molecule has 5 aromatic rings. The molecule has 0 bridgehead atoms. The van der Waals surface area contributed by atoms with Crippen LogP contribution in [0.25, 0.3) is 32.1 Å². The van der Waals surface area contributed by atoms with Crippen LogP contribution in [-0.4, -0.2) is 65.4 Å². The molecule has 2 aromatic carbocycles. The lowest BCUT2D eigenvalue weighted by molar-refractivity contribution is -0.138. The Bertz CT molecular complexity index is 2300. The van der Waals surface area contributed by atoms with E-state index in [1.807, 2.05) is 0 Å². The van der Waals surface area contributed by atoms with Crippen molar-refractivity contribution in [1.29, 1.82) is 5.26 Å². The summed E-state index contributed by atoms with van der Waals surface area (Å²) in [7, 11) is 1.23. The standard InChI is InChI=1S/C30H22F5N7O2S.C7H12FN/c1-3-5-17(13-6-4-9-39-26(13)37)42-10-11-44-24-20-23(40-29(43-2)41-28(20)42)22(32)19(21(24)30(33,34)35)14-7-8-16(31)25-18(14)15(12-36)27(38)45-25;8-6-4-7-2-1-3-9(7)5-6/h3-4,6-9,17H,1,5,10-11,38H2,2H3,(H2,37,39);6-7H,1-5H2. The number of hydrogen-bond acceptors (Lipinski definition) is 11. The van der Waals surface area contributed by atoms with E-state index in [-0.39, 0.29) is 63.3 Å². The molecule has 8 rings (SSSR count). The second-order valence-electron chi connectivity index (χ2n) is 13.1. The van der Waals surface area contributed by atoms with Gasteiger partial charge in [0.2, 0.25) is 0 Å². The smallest absolute Gasteiger partial charge is 0.420 e. The number of nitrogen functional groups attached to an aromatic ring is 2. The summed E-state index contributed by atoms with van der Waals surface area (Å²) >= 11 is 0.671. The van der Waals surface area contributed by atoms with Gasteiger partial charge in [-0.15, -0.1) is 17.9 Å². The van der Waals surface area contributed by atoms with Gasteiger partial charge in [0, 0.05) is 35.3 Å². The van der Waals surface area contributed by atoms with Crippen molar-refractivity contribution < 1.29 is 35.8 Å². The highest BCUT2D eigenvalue weighted by Gasteiger charge is 2.44. The first-order valence-corrected chi connectivity index (χ1v) is 17.9. The van der Waals surface area contributed by atoms with E-state index in [4.69, 9.17) is 20.9 Å². The van der Waals surface area contributed by atoms with Crippen LogP contribution < -0.4 is 25.8 Å². The molecule has 3 aromatic heterocycles. The van der Waals surface area contributed by atoms with E-state index in [2.05, 4.69) is 26.4 Å². The quantitative estimate of drug-likeness (QED) is 0.129. The van der Waals surface area contributed by atoms with Gasteiger partial charge in [-0.1, -0.05) is 18.2 Å². The average molecular weight is 769 g/mol. The van der Waals surface area contributed by atoms with Crippen molar-refractivity contribution in [1.82, 2.24) is 19.9 Å². The van der Waals surface area contributed by atoms with E-state index in [0.29, 0.717) is 29.5 Å². The lowest BCUT2D eigenvalue weighted by atomic mass is 9.91. The molecular formula is C37H34F6N8O2S. The van der Waals surface area contributed by atoms with Crippen LogP contribution in [0, 0.1) is 23.0 Å². The summed E-state index contributed by atoms with van der Waals surface area (Å²) in [5, 5.41) is 9.03. The van der Waals surface area contributed by atoms with Crippen molar-refractivity contribution in [3.8, 4) is 29.0 Å². The third-order valence-electron chi connectivity index (χ3n) is 9.97. The second-order valence-corrected chi connectivity index (χ2v) is 14.1. The number of aromatic nitrogens is 3. The van der Waals surface area contributed by atoms with Gasteiger partial charge in [0.15, 0.2) is 5.82 Å². The van der Waals surface area contributed by atoms with Gasteiger partial charge in [-0.05, 0) is 49.9 Å². The number of pyridine rings is 1. The highest BCUT2D eigenvalue weighted by atomic mass is 32.1. The maximum Gasteiger partial charge on any atom is 0.420 e. The van der Waals surface area contributed by atoms with Crippen molar-refractivity contribution in [3.05, 3.63) is 71.4 Å². The number of thiophene rings is 1. The third kappa shape index (κ3) is 6.36. The minimum absolute atomic E-state index is 0.00846. The van der Waals surface area contributed by atoms with Gasteiger partial charge in [-0.2, -0.15) is 28.4 Å². The molecule has 54 heavy (non-hydrogen) atoms. The van der Waals surface area contributed by atoms with Gasteiger partial charge in [-0.25, -0.2) is 18.2 Å². The van der Waals surface area contributed by atoms with Crippen LogP contribution in [0.15, 0.2) is 43.1 Å². The van der Waals surface area contributed by atoms with E-state index < -0.39 is 58.0 Å². The number of rotatable bonds is 6. The van der Waals surface area contributed by atoms with E-state index in [1.165, 1.54) is 26.1 Å². The molecule has 3 aliphatic heterocycles. The number of methoxy groups -OCH3 is 1. The minimum atomic E-state index is -5.20. The lowest BCUT2D eigenvalue weighted by Crippen LogP contribution is -2.33. The van der Waals surface area contributed by atoms with Crippen LogP contribution in [-0.2, 0) is 6.18 Å². The number of benzene rings is 2. The minimum Gasteiger partial charge on any atom is -0.490 e. The first-order chi connectivity index (χ1) is 25.9. The maximum absolute atomic E-state index is 16.9. The number of anilines is 3. The van der Waals surface area contributed by atoms with Crippen molar-refractivity contribution in [2.45, 2.75) is 50.1 Å². The highest BCUT2D eigenvalue weighted by molar-refractivity contribution is 7.23. The molecule has 2 saturated heterocycles. The zero-order valence-corrected chi connectivity index (χ0v) is 29.7. The Balaban J connectivity index is 0.000000433. The molecule has 0 saturated carbocycles. The average Bonchev–Trinajstić information content (AvgIpc) is 3.79.